The minimum absolute atomic E-state index is 0.0658. The lowest BCUT2D eigenvalue weighted by molar-refractivity contribution is -0.208. The van der Waals surface area contributed by atoms with E-state index in [1.807, 2.05) is 0 Å². The number of nitrogens with one attached hydrogen (secondary N) is 1. The molecule has 0 spiro atoms. The number of likely N-dealkylation sites (tertiary alicyclic amines) is 1. The summed E-state index contributed by atoms with van der Waals surface area (Å²) < 4.78 is 59.2. The molecule has 9 nitrogen and oxygen atoms in total. The van der Waals surface area contributed by atoms with Gasteiger partial charge in [0.2, 0.25) is 0 Å². The van der Waals surface area contributed by atoms with Crippen molar-refractivity contribution in [2.75, 3.05) is 13.7 Å². The number of hydrogen-bond acceptors (Lipinski definition) is 9. The number of amidine groups is 1. The topological polar surface area (TPSA) is 119 Å². The van der Waals surface area contributed by atoms with Crippen molar-refractivity contribution >= 4 is 12.2 Å². The number of nitrogens with zero attached hydrogens (tertiary/aromatic N) is 3. The predicted molar refractivity (Wildman–Crippen MR) is 108 cm³/mol. The summed E-state index contributed by atoms with van der Waals surface area (Å²) >= 11 is 0. The quantitative estimate of drug-likeness (QED) is 0.345. The highest BCUT2D eigenvalue weighted by Crippen LogP contribution is 2.46. The smallest absolute Gasteiger partial charge is 0.390 e. The fraction of sp³-hybridized carbons (Fsp3) is 0.900. The second kappa shape index (κ2) is 9.00. The average molecular weight is 482 g/mol. The molecule has 0 radical (unpaired) electrons. The lowest BCUT2D eigenvalue weighted by Crippen LogP contribution is -2.54. The molecule has 3 heterocycles. The largest absolute Gasteiger partial charge is 0.394 e. The van der Waals surface area contributed by atoms with E-state index >= 15 is 0 Å². The highest BCUT2D eigenvalue weighted by atomic mass is 19.4. The maximum atomic E-state index is 14.3. The highest BCUT2D eigenvalue weighted by molar-refractivity contribution is 5.92. The van der Waals surface area contributed by atoms with Crippen LogP contribution in [0.2, 0.25) is 0 Å². The zero-order valence-corrected chi connectivity index (χ0v) is 18.3. The van der Waals surface area contributed by atoms with E-state index in [0.29, 0.717) is 18.8 Å². The molecular formula is C20H30F4N4O5. The third-order valence-corrected chi connectivity index (χ3v) is 7.46. The first kappa shape index (κ1) is 24.7. The molecule has 0 bridgehead atoms. The van der Waals surface area contributed by atoms with E-state index in [1.54, 1.807) is 4.90 Å². The standard InChI is InChI=1S/C20H30F4N4O5/c1-19(31)14(30)18(28-6-5-10-16(27-32-2)25-8-26-17(10)28)33-15(19)13(29)9-3-4-11(12(21)7-9)20(22,23)24/h8-15,17-18,29-31H,3-7H2,1-2H3,(H,25,26,27)/t9?,10?,11?,12?,13-,14+,15-,17?,18-,19+/m1/s1. The molecule has 4 rings (SSSR count). The molecule has 1 saturated carbocycles. The van der Waals surface area contributed by atoms with E-state index in [1.165, 1.54) is 20.4 Å². The Morgan fingerprint density at radius 1 is 1.33 bits per heavy atom. The van der Waals surface area contributed by atoms with Gasteiger partial charge in [-0.25, -0.2) is 9.38 Å². The van der Waals surface area contributed by atoms with Crippen molar-refractivity contribution in [2.24, 2.45) is 27.7 Å². The zero-order chi connectivity index (χ0) is 24.1. The van der Waals surface area contributed by atoms with Gasteiger partial charge < -0.3 is 20.1 Å². The normalized spacial score (nSPS) is 45.1. The molecule has 33 heavy (non-hydrogen) atoms. The monoisotopic (exact) mass is 482 g/mol. The summed E-state index contributed by atoms with van der Waals surface area (Å²) in [5, 5.41) is 32.8. The van der Waals surface area contributed by atoms with Crippen molar-refractivity contribution in [3.8, 4) is 0 Å². The van der Waals surface area contributed by atoms with Gasteiger partial charge in [0.25, 0.3) is 0 Å². The Morgan fingerprint density at radius 2 is 2.06 bits per heavy atom. The lowest BCUT2D eigenvalue weighted by Gasteiger charge is -2.39. The van der Waals surface area contributed by atoms with Crippen LogP contribution >= 0.6 is 0 Å². The summed E-state index contributed by atoms with van der Waals surface area (Å²) in [6, 6.07) is 0. The summed E-state index contributed by atoms with van der Waals surface area (Å²) in [7, 11) is 1.45. The first-order chi connectivity index (χ1) is 15.5. The number of alkyl halides is 4. The van der Waals surface area contributed by atoms with Gasteiger partial charge in [0, 0.05) is 6.54 Å². The van der Waals surface area contributed by atoms with E-state index in [9.17, 15) is 32.9 Å². The third-order valence-electron chi connectivity index (χ3n) is 7.46. The van der Waals surface area contributed by atoms with Crippen LogP contribution in [0.1, 0.15) is 32.6 Å². The average Bonchev–Trinajstić information content (AvgIpc) is 3.26. The molecule has 0 amide bonds. The molecule has 5 unspecified atom stereocenters. The number of ether oxygens (including phenoxy) is 1. The summed E-state index contributed by atoms with van der Waals surface area (Å²) in [6.07, 6.45) is -11.5. The predicted octanol–water partition coefficient (Wildman–Crippen LogP) is 0.740. The van der Waals surface area contributed by atoms with E-state index in [2.05, 4.69) is 15.5 Å². The Hall–Kier alpha value is -1.38. The van der Waals surface area contributed by atoms with Crippen molar-refractivity contribution in [1.82, 2.24) is 10.4 Å². The summed E-state index contributed by atoms with van der Waals surface area (Å²) in [6.45, 7) is 1.75. The van der Waals surface area contributed by atoms with Crippen LogP contribution in [-0.2, 0) is 9.57 Å². The molecule has 10 atom stereocenters. The van der Waals surface area contributed by atoms with Gasteiger partial charge >= 0.3 is 6.18 Å². The molecular weight excluding hydrogens is 452 g/mol. The molecule has 2 saturated heterocycles. The summed E-state index contributed by atoms with van der Waals surface area (Å²) in [4.78, 5) is 15.2. The number of halogens is 4. The van der Waals surface area contributed by atoms with Crippen LogP contribution in [0.25, 0.3) is 0 Å². The van der Waals surface area contributed by atoms with E-state index in [-0.39, 0.29) is 12.3 Å². The fourth-order valence-corrected chi connectivity index (χ4v) is 5.59. The van der Waals surface area contributed by atoms with Gasteiger partial charge in [0.05, 0.1) is 25.0 Å². The number of fused-ring (bicyclic) bond motifs is 1. The van der Waals surface area contributed by atoms with Crippen molar-refractivity contribution < 1.29 is 42.5 Å². The first-order valence-corrected chi connectivity index (χ1v) is 11.1. The molecule has 1 aliphatic carbocycles. The molecule has 188 valence electrons. The van der Waals surface area contributed by atoms with Crippen LogP contribution in [0.5, 0.6) is 0 Å². The van der Waals surface area contributed by atoms with Crippen molar-refractivity contribution in [1.29, 1.82) is 0 Å². The number of aliphatic hydroxyl groups excluding tert-OH is 2. The van der Waals surface area contributed by atoms with E-state index in [4.69, 9.17) is 9.57 Å². The number of hydrogen-bond donors (Lipinski definition) is 4. The minimum Gasteiger partial charge on any atom is -0.390 e. The number of hydroxylamine groups is 1. The van der Waals surface area contributed by atoms with Crippen LogP contribution in [-0.4, -0.2) is 94.7 Å². The van der Waals surface area contributed by atoms with Crippen LogP contribution in [0, 0.1) is 17.8 Å². The molecule has 0 aromatic rings. The van der Waals surface area contributed by atoms with E-state index < -0.39 is 73.3 Å². The van der Waals surface area contributed by atoms with Crippen molar-refractivity contribution in [3.63, 3.8) is 0 Å². The molecule has 0 aromatic carbocycles. The van der Waals surface area contributed by atoms with E-state index in [0.717, 1.165) is 0 Å². The van der Waals surface area contributed by atoms with Gasteiger partial charge in [-0.05, 0) is 38.5 Å². The van der Waals surface area contributed by atoms with Gasteiger partial charge in [-0.3, -0.25) is 20.2 Å². The van der Waals surface area contributed by atoms with Crippen LogP contribution < -0.4 is 5.48 Å². The van der Waals surface area contributed by atoms with Gasteiger partial charge in [0.1, 0.15) is 48.5 Å². The molecule has 3 fully saturated rings. The fourth-order valence-electron chi connectivity index (χ4n) is 5.59. The SMILES string of the molecule is CONC1=NC=NC2C1CCN2[C@@H]1O[C@H]([C@H](O)C2CCC(C(F)(F)F)C(F)C2)[C@@](C)(O)[C@H]1O. The molecule has 0 aromatic heterocycles. The third kappa shape index (κ3) is 4.39. The maximum Gasteiger partial charge on any atom is 0.394 e. The lowest BCUT2D eigenvalue weighted by atomic mass is 9.74. The first-order valence-electron chi connectivity index (χ1n) is 11.1. The Labute approximate surface area is 188 Å². The molecule has 4 aliphatic rings. The Kier molecular flexibility index (Phi) is 6.75. The summed E-state index contributed by atoms with van der Waals surface area (Å²) in [5.74, 6) is -2.51. The van der Waals surface area contributed by atoms with Crippen LogP contribution in [0.15, 0.2) is 9.98 Å². The van der Waals surface area contributed by atoms with Crippen molar-refractivity contribution in [3.05, 3.63) is 0 Å². The van der Waals surface area contributed by atoms with Crippen LogP contribution in [0.4, 0.5) is 17.6 Å². The second-order valence-corrected chi connectivity index (χ2v) is 9.48. The molecule has 4 N–H and O–H groups in total. The van der Waals surface area contributed by atoms with Gasteiger partial charge in [-0.1, -0.05) is 0 Å². The Morgan fingerprint density at radius 3 is 2.70 bits per heavy atom. The van der Waals surface area contributed by atoms with Crippen LogP contribution in [0.3, 0.4) is 0 Å². The zero-order valence-electron chi connectivity index (χ0n) is 18.3. The maximum absolute atomic E-state index is 14.3. The second-order valence-electron chi connectivity index (χ2n) is 9.48. The Balaban J connectivity index is 1.46. The summed E-state index contributed by atoms with van der Waals surface area (Å²) in [5.41, 5.74) is 0.799. The highest BCUT2D eigenvalue weighted by Gasteiger charge is 2.60. The van der Waals surface area contributed by atoms with Gasteiger partial charge in [-0.15, -0.1) is 0 Å². The number of aliphatic hydroxyl groups is 3. The van der Waals surface area contributed by atoms with Gasteiger partial charge in [-0.2, -0.15) is 13.2 Å². The number of rotatable bonds is 4. The van der Waals surface area contributed by atoms with Gasteiger partial charge in [0.15, 0.2) is 0 Å². The molecule has 3 aliphatic heterocycles. The van der Waals surface area contributed by atoms with Crippen molar-refractivity contribution in [2.45, 2.75) is 81.3 Å². The minimum atomic E-state index is -4.64. The number of aliphatic imine (C=N–C) groups is 2. The Bertz CT molecular complexity index is 782. The molecule has 13 heteroatoms.